The summed E-state index contributed by atoms with van der Waals surface area (Å²) in [5, 5.41) is 0. The number of carbonyl (C=O) groups is 2. The number of unbranched alkanes of at least 4 members (excludes halogenated alkanes) is 19. The smallest absolute Gasteiger partial charge is 0.305 e. The summed E-state index contributed by atoms with van der Waals surface area (Å²) in [6, 6.07) is 0. The second-order valence-corrected chi connectivity index (χ2v) is 14.8. The van der Waals surface area contributed by atoms with E-state index >= 15 is 0 Å². The fraction of sp³-hybridized carbons (Fsp3) is 0.783. The van der Waals surface area contributed by atoms with Gasteiger partial charge >= 0.3 is 5.97 Å². The lowest BCUT2D eigenvalue weighted by Gasteiger charge is -2.23. The molecular weight excluding hydrogens is 629 g/mol. The minimum Gasteiger partial charge on any atom is -0.465 e. The highest BCUT2D eigenvalue weighted by atomic mass is 16.5. The number of rotatable bonds is 38. The van der Waals surface area contributed by atoms with Gasteiger partial charge < -0.3 is 14.5 Å². The molecule has 0 N–H and O–H groups in total. The zero-order chi connectivity index (χ0) is 37.3. The van der Waals surface area contributed by atoms with Crippen molar-refractivity contribution in [2.24, 2.45) is 0 Å². The van der Waals surface area contributed by atoms with Crippen LogP contribution in [0.4, 0.5) is 0 Å². The van der Waals surface area contributed by atoms with E-state index in [9.17, 15) is 9.59 Å². The number of hydrogen-bond donors (Lipinski definition) is 0. The van der Waals surface area contributed by atoms with Gasteiger partial charge in [0.25, 0.3) is 0 Å². The minimum absolute atomic E-state index is 0.139. The van der Waals surface area contributed by atoms with E-state index in [1.807, 2.05) is 14.1 Å². The molecule has 0 aromatic heterocycles. The van der Waals surface area contributed by atoms with Crippen LogP contribution in [0.3, 0.4) is 0 Å². The van der Waals surface area contributed by atoms with Crippen LogP contribution in [0.5, 0.6) is 0 Å². The first-order valence-corrected chi connectivity index (χ1v) is 21.7. The quantitative estimate of drug-likeness (QED) is 0.0363. The van der Waals surface area contributed by atoms with Crippen molar-refractivity contribution in [1.82, 2.24) is 9.80 Å². The van der Waals surface area contributed by atoms with Crippen molar-refractivity contribution in [3.63, 3.8) is 0 Å². The van der Waals surface area contributed by atoms with E-state index in [1.54, 1.807) is 0 Å². The largest absolute Gasteiger partial charge is 0.465 e. The van der Waals surface area contributed by atoms with Crippen LogP contribution in [0, 0.1) is 0 Å². The van der Waals surface area contributed by atoms with Gasteiger partial charge in [-0.1, -0.05) is 140 Å². The number of ether oxygens (including phenoxy) is 1. The Labute approximate surface area is 317 Å². The predicted molar refractivity (Wildman–Crippen MR) is 223 cm³/mol. The molecule has 5 nitrogen and oxygen atoms in total. The highest BCUT2D eigenvalue weighted by Crippen LogP contribution is 2.12. The molecule has 0 aliphatic rings. The fourth-order valence-electron chi connectivity index (χ4n) is 6.12. The number of esters is 1. The molecule has 0 aliphatic carbocycles. The summed E-state index contributed by atoms with van der Waals surface area (Å²) in [4.78, 5) is 29.5. The summed E-state index contributed by atoms with van der Waals surface area (Å²) >= 11 is 0. The van der Waals surface area contributed by atoms with Crippen molar-refractivity contribution in [1.29, 1.82) is 0 Å². The molecule has 296 valence electrons. The third-order valence-corrected chi connectivity index (χ3v) is 9.43. The maximum atomic E-state index is 13.2. The first kappa shape index (κ1) is 48.9. The maximum Gasteiger partial charge on any atom is 0.305 e. The Morgan fingerprint density at radius 1 is 0.451 bits per heavy atom. The van der Waals surface area contributed by atoms with Crippen molar-refractivity contribution in [2.75, 3.05) is 40.3 Å². The van der Waals surface area contributed by atoms with Crippen LogP contribution in [0.2, 0.25) is 0 Å². The minimum atomic E-state index is -0.177. The van der Waals surface area contributed by atoms with Gasteiger partial charge in [-0.3, -0.25) is 9.59 Å². The summed E-state index contributed by atoms with van der Waals surface area (Å²) in [5.74, 6) is -0.0380. The zero-order valence-electron chi connectivity index (χ0n) is 34.4. The third-order valence-electron chi connectivity index (χ3n) is 9.43. The van der Waals surface area contributed by atoms with Gasteiger partial charge in [0.15, 0.2) is 0 Å². The van der Waals surface area contributed by atoms with E-state index in [4.69, 9.17) is 4.74 Å². The molecule has 0 saturated heterocycles. The third kappa shape index (κ3) is 38.9. The van der Waals surface area contributed by atoms with E-state index in [0.29, 0.717) is 12.8 Å². The Hall–Kier alpha value is -2.14. The van der Waals surface area contributed by atoms with Crippen molar-refractivity contribution in [2.45, 2.75) is 194 Å². The van der Waals surface area contributed by atoms with Crippen molar-refractivity contribution in [3.8, 4) is 0 Å². The first-order chi connectivity index (χ1) is 25.0. The lowest BCUT2D eigenvalue weighted by Crippen LogP contribution is -2.33. The normalized spacial score (nSPS) is 12.1. The van der Waals surface area contributed by atoms with Gasteiger partial charge in [-0.25, -0.2) is 0 Å². The molecule has 0 fully saturated rings. The molecule has 0 saturated carbocycles. The maximum absolute atomic E-state index is 13.2. The predicted octanol–water partition coefficient (Wildman–Crippen LogP) is 13.1. The van der Waals surface area contributed by atoms with Gasteiger partial charge in [-0.2, -0.15) is 0 Å². The van der Waals surface area contributed by atoms with Gasteiger partial charge in [0, 0.05) is 19.5 Å². The van der Waals surface area contributed by atoms with Gasteiger partial charge in [-0.15, -0.1) is 0 Å². The molecule has 0 aromatic carbocycles. The summed E-state index contributed by atoms with van der Waals surface area (Å²) in [6.07, 6.45) is 50.5. The summed E-state index contributed by atoms with van der Waals surface area (Å²) in [7, 11) is 4.09. The molecule has 0 bridgehead atoms. The summed E-state index contributed by atoms with van der Waals surface area (Å²) in [6.45, 7) is 7.34. The molecule has 0 heterocycles. The van der Waals surface area contributed by atoms with Gasteiger partial charge in [0.1, 0.15) is 6.61 Å². The SMILES string of the molecule is CCCCC/C=C\C/C=C\CCCCCCCCN(CCCCCCCC/C=C\C/C=C\CCCCC)C(=O)CCOC(=O)CCCCN(C)C. The standard InChI is InChI=1S/C46H84N2O3/c1-5-7-9-11-13-15-17-19-21-23-25-27-29-31-33-36-42-48(45(49)40-44-51-46(50)39-35-38-41-47(3)4)43-37-34-32-30-28-26-24-22-20-18-16-14-12-10-8-6-2/h13-16,19-22H,5-12,17-18,23-44H2,1-4H3/b15-13-,16-14-,21-19-,22-20-. The van der Waals surface area contributed by atoms with Crippen LogP contribution in [0.25, 0.3) is 0 Å². The Morgan fingerprint density at radius 2 is 0.843 bits per heavy atom. The highest BCUT2D eigenvalue weighted by molar-refractivity contribution is 5.77. The highest BCUT2D eigenvalue weighted by Gasteiger charge is 2.14. The van der Waals surface area contributed by atoms with Crippen LogP contribution in [0.1, 0.15) is 194 Å². The topological polar surface area (TPSA) is 49.9 Å². The molecule has 0 rings (SSSR count). The molecule has 0 radical (unpaired) electrons. The Kier molecular flexibility index (Phi) is 38.9. The fourth-order valence-corrected chi connectivity index (χ4v) is 6.12. The zero-order valence-corrected chi connectivity index (χ0v) is 34.4. The van der Waals surface area contributed by atoms with E-state index in [-0.39, 0.29) is 18.5 Å². The molecule has 0 atom stereocenters. The monoisotopic (exact) mass is 713 g/mol. The number of nitrogens with zero attached hydrogens (tertiary/aromatic N) is 2. The second-order valence-electron chi connectivity index (χ2n) is 14.8. The van der Waals surface area contributed by atoms with E-state index in [2.05, 4.69) is 72.3 Å². The van der Waals surface area contributed by atoms with E-state index in [0.717, 1.165) is 58.2 Å². The van der Waals surface area contributed by atoms with Crippen LogP contribution >= 0.6 is 0 Å². The van der Waals surface area contributed by atoms with Crippen molar-refractivity contribution < 1.29 is 14.3 Å². The molecule has 51 heavy (non-hydrogen) atoms. The summed E-state index contributed by atoms with van der Waals surface area (Å²) in [5.41, 5.74) is 0. The number of amides is 1. The Bertz CT molecular complexity index is 828. The van der Waals surface area contributed by atoms with Crippen LogP contribution in [-0.4, -0.2) is 62.0 Å². The van der Waals surface area contributed by atoms with Gasteiger partial charge in [0.05, 0.1) is 6.42 Å². The Balaban J connectivity index is 4.26. The molecule has 1 amide bonds. The molecule has 0 unspecified atom stereocenters. The number of carbonyl (C=O) groups excluding carboxylic acids is 2. The number of allylic oxidation sites excluding steroid dienone is 8. The molecule has 0 aromatic rings. The van der Waals surface area contributed by atoms with E-state index in [1.165, 1.54) is 128 Å². The molecule has 0 spiro atoms. The van der Waals surface area contributed by atoms with Crippen molar-refractivity contribution >= 4 is 11.9 Å². The average Bonchev–Trinajstić information content (AvgIpc) is 3.12. The van der Waals surface area contributed by atoms with Crippen LogP contribution in [-0.2, 0) is 14.3 Å². The lowest BCUT2D eigenvalue weighted by molar-refractivity contribution is -0.145. The van der Waals surface area contributed by atoms with Gasteiger partial charge in [0.2, 0.25) is 5.91 Å². The van der Waals surface area contributed by atoms with E-state index < -0.39 is 0 Å². The second kappa shape index (κ2) is 40.6. The number of hydrogen-bond acceptors (Lipinski definition) is 4. The van der Waals surface area contributed by atoms with Gasteiger partial charge in [-0.05, 0) is 111 Å². The van der Waals surface area contributed by atoms with Crippen LogP contribution in [0.15, 0.2) is 48.6 Å². The molecule has 5 heteroatoms. The lowest BCUT2D eigenvalue weighted by atomic mass is 10.1. The Morgan fingerprint density at radius 3 is 1.27 bits per heavy atom. The summed E-state index contributed by atoms with van der Waals surface area (Å²) < 4.78 is 5.42. The average molecular weight is 713 g/mol. The molecular formula is C46H84N2O3. The van der Waals surface area contributed by atoms with Crippen molar-refractivity contribution in [3.05, 3.63) is 48.6 Å². The first-order valence-electron chi connectivity index (χ1n) is 21.7. The van der Waals surface area contributed by atoms with Crippen LogP contribution < -0.4 is 0 Å². The molecule has 0 aliphatic heterocycles.